The summed E-state index contributed by atoms with van der Waals surface area (Å²) >= 11 is 0. The maximum absolute atomic E-state index is 12.0. The molecule has 0 bridgehead atoms. The molecule has 1 aromatic carbocycles. The Hall–Kier alpha value is -2.50. The fraction of sp³-hybridized carbons (Fsp3) is 0.333. The van der Waals surface area contributed by atoms with Crippen molar-refractivity contribution in [3.63, 3.8) is 0 Å². The van der Waals surface area contributed by atoms with E-state index in [0.717, 1.165) is 0 Å². The smallest absolute Gasteiger partial charge is 0.341 e. The Kier molecular flexibility index (Phi) is 4.47. The van der Waals surface area contributed by atoms with Crippen molar-refractivity contribution in [3.8, 4) is 11.5 Å². The number of aromatic nitrogens is 1. The van der Waals surface area contributed by atoms with E-state index in [4.69, 9.17) is 14.2 Å². The van der Waals surface area contributed by atoms with Crippen LogP contribution in [0.3, 0.4) is 0 Å². The minimum atomic E-state index is -0.430. The molecule has 0 saturated carbocycles. The Balaban J connectivity index is 2.79. The number of nitrogens with zero attached hydrogens (tertiary/aromatic N) is 1. The van der Waals surface area contributed by atoms with E-state index >= 15 is 0 Å². The van der Waals surface area contributed by atoms with E-state index in [2.05, 4.69) is 10.3 Å². The summed E-state index contributed by atoms with van der Waals surface area (Å²) in [5, 5.41) is 3.71. The summed E-state index contributed by atoms with van der Waals surface area (Å²) in [4.78, 5) is 16.4. The van der Waals surface area contributed by atoms with Crippen molar-refractivity contribution in [1.82, 2.24) is 4.98 Å². The predicted octanol–water partition coefficient (Wildman–Crippen LogP) is 2.47. The molecule has 0 radical (unpaired) electrons. The minimum absolute atomic E-state index is 0.301. The molecule has 0 aliphatic carbocycles. The highest BCUT2D eigenvalue weighted by Gasteiger charge is 2.20. The molecule has 0 aliphatic heterocycles. The first-order chi connectivity index (χ1) is 10.2. The summed E-state index contributed by atoms with van der Waals surface area (Å²) in [5.41, 5.74) is 1.59. The third-order valence-electron chi connectivity index (χ3n) is 3.13. The molecule has 6 nitrogen and oxygen atoms in total. The Morgan fingerprint density at radius 1 is 1.24 bits per heavy atom. The average Bonchev–Trinajstić information content (AvgIpc) is 2.52. The summed E-state index contributed by atoms with van der Waals surface area (Å²) in [6.45, 7) is 2.06. The zero-order valence-corrected chi connectivity index (χ0v) is 12.5. The molecule has 0 atom stereocenters. The third-order valence-corrected chi connectivity index (χ3v) is 3.13. The number of esters is 1. The van der Waals surface area contributed by atoms with E-state index in [-0.39, 0.29) is 0 Å². The van der Waals surface area contributed by atoms with E-state index in [1.165, 1.54) is 6.20 Å². The van der Waals surface area contributed by atoms with Crippen LogP contribution < -0.4 is 14.8 Å². The number of carbonyl (C=O) groups excluding carboxylic acids is 1. The quantitative estimate of drug-likeness (QED) is 0.853. The van der Waals surface area contributed by atoms with E-state index in [9.17, 15) is 4.79 Å². The number of hydrogen-bond donors (Lipinski definition) is 1. The highest BCUT2D eigenvalue weighted by atomic mass is 16.5. The summed E-state index contributed by atoms with van der Waals surface area (Å²) in [6, 6.07) is 3.55. The monoisotopic (exact) mass is 290 g/mol. The second-order valence-electron chi connectivity index (χ2n) is 4.21. The van der Waals surface area contributed by atoms with Gasteiger partial charge in [-0.05, 0) is 19.1 Å². The van der Waals surface area contributed by atoms with Crippen molar-refractivity contribution >= 4 is 22.6 Å². The van der Waals surface area contributed by atoms with Crippen LogP contribution in [0.5, 0.6) is 11.5 Å². The summed E-state index contributed by atoms with van der Waals surface area (Å²) in [7, 11) is 4.87. The number of anilines is 1. The fourth-order valence-corrected chi connectivity index (χ4v) is 2.21. The van der Waals surface area contributed by atoms with Crippen LogP contribution in [0.15, 0.2) is 18.3 Å². The van der Waals surface area contributed by atoms with Gasteiger partial charge < -0.3 is 19.5 Å². The third kappa shape index (κ3) is 2.56. The second kappa shape index (κ2) is 6.30. The summed E-state index contributed by atoms with van der Waals surface area (Å²) in [5.74, 6) is 0.785. The van der Waals surface area contributed by atoms with Gasteiger partial charge in [-0.2, -0.15) is 0 Å². The number of rotatable bonds is 5. The van der Waals surface area contributed by atoms with Gasteiger partial charge in [0.15, 0.2) is 0 Å². The molecule has 112 valence electrons. The van der Waals surface area contributed by atoms with Crippen molar-refractivity contribution in [2.24, 2.45) is 0 Å². The number of fused-ring (bicyclic) bond motifs is 1. The summed E-state index contributed by atoms with van der Waals surface area (Å²) < 4.78 is 15.7. The number of ether oxygens (including phenoxy) is 3. The molecule has 6 heteroatoms. The van der Waals surface area contributed by atoms with Gasteiger partial charge in [0, 0.05) is 13.2 Å². The Labute approximate surface area is 123 Å². The van der Waals surface area contributed by atoms with Gasteiger partial charge in [-0.1, -0.05) is 0 Å². The van der Waals surface area contributed by atoms with E-state index in [0.29, 0.717) is 40.3 Å². The molecule has 0 fully saturated rings. The van der Waals surface area contributed by atoms with Crippen LogP contribution >= 0.6 is 0 Å². The number of pyridine rings is 1. The molecule has 0 saturated heterocycles. The van der Waals surface area contributed by atoms with Gasteiger partial charge in [0.1, 0.15) is 22.6 Å². The fourth-order valence-electron chi connectivity index (χ4n) is 2.21. The van der Waals surface area contributed by atoms with Gasteiger partial charge in [0.2, 0.25) is 0 Å². The molecule has 2 aromatic rings. The predicted molar refractivity (Wildman–Crippen MR) is 80.4 cm³/mol. The zero-order chi connectivity index (χ0) is 15.4. The maximum atomic E-state index is 12.0. The molecule has 1 N–H and O–H groups in total. The summed E-state index contributed by atoms with van der Waals surface area (Å²) in [6.07, 6.45) is 1.48. The van der Waals surface area contributed by atoms with Crippen molar-refractivity contribution in [3.05, 3.63) is 23.9 Å². The van der Waals surface area contributed by atoms with Gasteiger partial charge in [0.05, 0.1) is 31.9 Å². The van der Waals surface area contributed by atoms with Crippen LogP contribution in [0.25, 0.3) is 10.9 Å². The molecule has 21 heavy (non-hydrogen) atoms. The van der Waals surface area contributed by atoms with E-state index in [1.54, 1.807) is 40.3 Å². The lowest BCUT2D eigenvalue weighted by molar-refractivity contribution is 0.0527. The van der Waals surface area contributed by atoms with Crippen LogP contribution in [0.4, 0.5) is 5.69 Å². The highest BCUT2D eigenvalue weighted by Crippen LogP contribution is 2.38. The lowest BCUT2D eigenvalue weighted by atomic mass is 10.1. The standard InChI is InChI=1S/C15H18N2O4/c1-5-21-15(18)9-8-17-14-11(20-4)7-6-10(19-3)12(14)13(9)16-2/h6-8H,5H2,1-4H3,(H,16,17). The molecule has 0 aliphatic rings. The molecule has 1 aromatic heterocycles. The van der Waals surface area contributed by atoms with Crippen molar-refractivity contribution in [2.75, 3.05) is 33.2 Å². The molecule has 0 amide bonds. The van der Waals surface area contributed by atoms with Gasteiger partial charge in [-0.3, -0.25) is 4.98 Å². The Bertz CT molecular complexity index is 670. The van der Waals surface area contributed by atoms with Crippen LogP contribution in [0, 0.1) is 0 Å². The van der Waals surface area contributed by atoms with Crippen LogP contribution in [-0.2, 0) is 4.74 Å². The van der Waals surface area contributed by atoms with Gasteiger partial charge in [-0.25, -0.2) is 4.79 Å². The first kappa shape index (κ1) is 14.9. The zero-order valence-electron chi connectivity index (χ0n) is 12.5. The average molecular weight is 290 g/mol. The number of hydrogen-bond acceptors (Lipinski definition) is 6. The number of nitrogens with one attached hydrogen (secondary N) is 1. The molecule has 0 unspecified atom stereocenters. The first-order valence-corrected chi connectivity index (χ1v) is 6.56. The SMILES string of the molecule is CCOC(=O)c1cnc2c(OC)ccc(OC)c2c1NC. The molecule has 1 heterocycles. The van der Waals surface area contributed by atoms with Crippen molar-refractivity contribution < 1.29 is 19.0 Å². The van der Waals surface area contributed by atoms with E-state index < -0.39 is 5.97 Å². The molecular formula is C15H18N2O4. The highest BCUT2D eigenvalue weighted by molar-refractivity contribution is 6.08. The maximum Gasteiger partial charge on any atom is 0.341 e. The largest absolute Gasteiger partial charge is 0.496 e. The number of methoxy groups -OCH3 is 2. The van der Waals surface area contributed by atoms with Gasteiger partial charge >= 0.3 is 5.97 Å². The minimum Gasteiger partial charge on any atom is -0.496 e. The first-order valence-electron chi connectivity index (χ1n) is 6.56. The molecule has 2 rings (SSSR count). The topological polar surface area (TPSA) is 69.7 Å². The Morgan fingerprint density at radius 3 is 2.48 bits per heavy atom. The number of benzene rings is 1. The van der Waals surface area contributed by atoms with Crippen LogP contribution in [0.2, 0.25) is 0 Å². The van der Waals surface area contributed by atoms with E-state index in [1.807, 2.05) is 0 Å². The lowest BCUT2D eigenvalue weighted by Crippen LogP contribution is -2.10. The number of carbonyl (C=O) groups is 1. The Morgan fingerprint density at radius 2 is 1.90 bits per heavy atom. The normalized spacial score (nSPS) is 10.3. The van der Waals surface area contributed by atoms with Gasteiger partial charge in [0.25, 0.3) is 0 Å². The van der Waals surface area contributed by atoms with Crippen molar-refractivity contribution in [1.29, 1.82) is 0 Å². The van der Waals surface area contributed by atoms with Crippen molar-refractivity contribution in [2.45, 2.75) is 6.92 Å². The second-order valence-corrected chi connectivity index (χ2v) is 4.21. The molecular weight excluding hydrogens is 272 g/mol. The molecule has 0 spiro atoms. The lowest BCUT2D eigenvalue weighted by Gasteiger charge is -2.15. The van der Waals surface area contributed by atoms with Crippen LogP contribution in [-0.4, -0.2) is 38.8 Å². The van der Waals surface area contributed by atoms with Gasteiger partial charge in [-0.15, -0.1) is 0 Å². The van der Waals surface area contributed by atoms with Crippen LogP contribution in [0.1, 0.15) is 17.3 Å².